The van der Waals surface area contributed by atoms with Gasteiger partial charge in [0, 0.05) is 22.7 Å². The fourth-order valence-corrected chi connectivity index (χ4v) is 3.39. The van der Waals surface area contributed by atoms with Crippen LogP contribution in [0.15, 0.2) is 85.1 Å². The lowest BCUT2D eigenvalue weighted by Crippen LogP contribution is -2.10. The standard InChI is InChI=1S/C25H23N/c1-25(2,3)21-15-14-20-17-26-24(19-12-8-5-9-13-19)23(22(20)16-21)18-10-6-4-7-11-18/h4-17H,1-3H3. The molecule has 0 N–H and O–H groups in total. The highest BCUT2D eigenvalue weighted by atomic mass is 14.7. The lowest BCUT2D eigenvalue weighted by atomic mass is 9.84. The van der Waals surface area contributed by atoms with Crippen LogP contribution in [0.2, 0.25) is 0 Å². The number of hydrogen-bond donors (Lipinski definition) is 0. The van der Waals surface area contributed by atoms with E-state index in [0.29, 0.717) is 0 Å². The monoisotopic (exact) mass is 337 g/mol. The van der Waals surface area contributed by atoms with Crippen molar-refractivity contribution in [3.05, 3.63) is 90.6 Å². The van der Waals surface area contributed by atoms with Crippen LogP contribution in [0, 0.1) is 0 Å². The molecule has 0 aliphatic carbocycles. The van der Waals surface area contributed by atoms with Crippen molar-refractivity contribution in [3.8, 4) is 22.4 Å². The van der Waals surface area contributed by atoms with Crippen LogP contribution in [0.25, 0.3) is 33.2 Å². The first kappa shape index (κ1) is 16.5. The molecule has 1 nitrogen and oxygen atoms in total. The minimum Gasteiger partial charge on any atom is -0.255 e. The SMILES string of the molecule is CC(C)(C)c1ccc2cnc(-c3ccccc3)c(-c3ccccc3)c2c1. The van der Waals surface area contributed by atoms with Crippen LogP contribution in [0.1, 0.15) is 26.3 Å². The molecule has 1 heteroatoms. The molecule has 0 aliphatic heterocycles. The van der Waals surface area contributed by atoms with Crippen LogP contribution in [-0.4, -0.2) is 4.98 Å². The summed E-state index contributed by atoms with van der Waals surface area (Å²) in [4.78, 5) is 4.85. The summed E-state index contributed by atoms with van der Waals surface area (Å²) in [5.74, 6) is 0. The smallest absolute Gasteiger partial charge is 0.0786 e. The molecule has 0 fully saturated rings. The van der Waals surface area contributed by atoms with E-state index >= 15 is 0 Å². The summed E-state index contributed by atoms with van der Waals surface area (Å²) >= 11 is 0. The first-order valence-corrected chi connectivity index (χ1v) is 9.08. The molecule has 0 aliphatic rings. The zero-order chi connectivity index (χ0) is 18.1. The number of aromatic nitrogens is 1. The van der Waals surface area contributed by atoms with Crippen LogP contribution in [0.3, 0.4) is 0 Å². The molecule has 0 saturated carbocycles. The van der Waals surface area contributed by atoms with E-state index in [1.807, 2.05) is 12.3 Å². The summed E-state index contributed by atoms with van der Waals surface area (Å²) < 4.78 is 0. The highest BCUT2D eigenvalue weighted by molar-refractivity contribution is 6.02. The summed E-state index contributed by atoms with van der Waals surface area (Å²) in [5.41, 5.74) is 6.05. The maximum absolute atomic E-state index is 4.85. The van der Waals surface area contributed by atoms with Crippen LogP contribution >= 0.6 is 0 Å². The quantitative estimate of drug-likeness (QED) is 0.389. The van der Waals surface area contributed by atoms with Gasteiger partial charge in [-0.3, -0.25) is 4.98 Å². The first-order chi connectivity index (χ1) is 12.5. The van der Waals surface area contributed by atoms with Crippen molar-refractivity contribution in [2.45, 2.75) is 26.2 Å². The van der Waals surface area contributed by atoms with Gasteiger partial charge in [0.2, 0.25) is 0 Å². The molecule has 1 heterocycles. The second-order valence-corrected chi connectivity index (χ2v) is 7.77. The second kappa shape index (κ2) is 6.42. The highest BCUT2D eigenvalue weighted by Crippen LogP contribution is 2.38. The fourth-order valence-electron chi connectivity index (χ4n) is 3.39. The van der Waals surface area contributed by atoms with Crippen LogP contribution in [0.4, 0.5) is 0 Å². The predicted octanol–water partition coefficient (Wildman–Crippen LogP) is 6.87. The molecule has 0 bridgehead atoms. The molecular formula is C25H23N. The topological polar surface area (TPSA) is 12.9 Å². The van der Waals surface area contributed by atoms with Gasteiger partial charge in [0.1, 0.15) is 0 Å². The Morgan fingerprint density at radius 3 is 1.92 bits per heavy atom. The normalized spacial score (nSPS) is 11.7. The zero-order valence-corrected chi connectivity index (χ0v) is 15.5. The predicted molar refractivity (Wildman–Crippen MR) is 111 cm³/mol. The summed E-state index contributed by atoms with van der Waals surface area (Å²) in [6, 6.07) is 27.8. The van der Waals surface area contributed by atoms with E-state index in [-0.39, 0.29) is 5.41 Å². The van der Waals surface area contributed by atoms with E-state index in [0.717, 1.165) is 11.3 Å². The largest absolute Gasteiger partial charge is 0.255 e. The number of fused-ring (bicyclic) bond motifs is 1. The van der Waals surface area contributed by atoms with E-state index in [4.69, 9.17) is 4.98 Å². The molecule has 4 aromatic rings. The van der Waals surface area contributed by atoms with Gasteiger partial charge in [-0.25, -0.2) is 0 Å². The number of pyridine rings is 1. The molecule has 0 saturated heterocycles. The number of hydrogen-bond acceptors (Lipinski definition) is 1. The van der Waals surface area contributed by atoms with E-state index in [1.54, 1.807) is 0 Å². The molecule has 0 spiro atoms. The molecule has 26 heavy (non-hydrogen) atoms. The van der Waals surface area contributed by atoms with Gasteiger partial charge in [-0.1, -0.05) is 93.6 Å². The van der Waals surface area contributed by atoms with Crippen molar-refractivity contribution in [1.29, 1.82) is 0 Å². The van der Waals surface area contributed by atoms with Gasteiger partial charge in [0.25, 0.3) is 0 Å². The van der Waals surface area contributed by atoms with Gasteiger partial charge >= 0.3 is 0 Å². The molecule has 0 amide bonds. The summed E-state index contributed by atoms with van der Waals surface area (Å²) in [7, 11) is 0. The molecule has 0 unspecified atom stereocenters. The molecule has 3 aromatic carbocycles. The second-order valence-electron chi connectivity index (χ2n) is 7.77. The van der Waals surface area contributed by atoms with Crippen LogP contribution in [0.5, 0.6) is 0 Å². The zero-order valence-electron chi connectivity index (χ0n) is 15.5. The van der Waals surface area contributed by atoms with E-state index in [1.165, 1.54) is 27.5 Å². The lowest BCUT2D eigenvalue weighted by molar-refractivity contribution is 0.591. The van der Waals surface area contributed by atoms with Gasteiger partial charge in [-0.15, -0.1) is 0 Å². The Morgan fingerprint density at radius 1 is 0.692 bits per heavy atom. The lowest BCUT2D eigenvalue weighted by Gasteiger charge is -2.21. The van der Waals surface area contributed by atoms with Crippen molar-refractivity contribution in [3.63, 3.8) is 0 Å². The van der Waals surface area contributed by atoms with E-state index < -0.39 is 0 Å². The van der Waals surface area contributed by atoms with Crippen molar-refractivity contribution >= 4 is 10.8 Å². The highest BCUT2D eigenvalue weighted by Gasteiger charge is 2.17. The Balaban J connectivity index is 2.09. The minimum absolute atomic E-state index is 0.109. The number of rotatable bonds is 2. The van der Waals surface area contributed by atoms with Crippen LogP contribution in [-0.2, 0) is 5.41 Å². The Labute approximate surface area is 155 Å². The van der Waals surface area contributed by atoms with Gasteiger partial charge in [0.15, 0.2) is 0 Å². The third-order valence-corrected chi connectivity index (χ3v) is 4.87. The Hall–Kier alpha value is -2.93. The van der Waals surface area contributed by atoms with Crippen molar-refractivity contribution in [2.24, 2.45) is 0 Å². The Kier molecular flexibility index (Phi) is 4.08. The maximum atomic E-state index is 4.85. The van der Waals surface area contributed by atoms with Gasteiger partial charge in [0.05, 0.1) is 5.69 Å². The average molecular weight is 337 g/mol. The molecule has 128 valence electrons. The number of nitrogens with zero attached hydrogens (tertiary/aromatic N) is 1. The van der Waals surface area contributed by atoms with Gasteiger partial charge in [-0.2, -0.15) is 0 Å². The third-order valence-electron chi connectivity index (χ3n) is 4.87. The minimum atomic E-state index is 0.109. The van der Waals surface area contributed by atoms with Crippen molar-refractivity contribution in [1.82, 2.24) is 4.98 Å². The molecular weight excluding hydrogens is 314 g/mol. The average Bonchev–Trinajstić information content (AvgIpc) is 2.67. The summed E-state index contributed by atoms with van der Waals surface area (Å²) in [6.07, 6.45) is 2.00. The third kappa shape index (κ3) is 3.01. The number of benzene rings is 3. The molecule has 1 aromatic heterocycles. The first-order valence-electron chi connectivity index (χ1n) is 9.08. The van der Waals surface area contributed by atoms with Crippen molar-refractivity contribution < 1.29 is 0 Å². The molecule has 0 atom stereocenters. The van der Waals surface area contributed by atoms with Crippen LogP contribution < -0.4 is 0 Å². The summed E-state index contributed by atoms with van der Waals surface area (Å²) in [6.45, 7) is 6.78. The Bertz CT molecular complexity index is 1040. The fraction of sp³-hybridized carbons (Fsp3) is 0.160. The Morgan fingerprint density at radius 2 is 1.31 bits per heavy atom. The summed E-state index contributed by atoms with van der Waals surface area (Å²) in [5, 5.41) is 2.44. The van der Waals surface area contributed by atoms with Gasteiger partial charge in [-0.05, 0) is 28.0 Å². The van der Waals surface area contributed by atoms with E-state index in [9.17, 15) is 0 Å². The van der Waals surface area contributed by atoms with Crippen molar-refractivity contribution in [2.75, 3.05) is 0 Å². The molecule has 0 radical (unpaired) electrons. The maximum Gasteiger partial charge on any atom is 0.0786 e. The van der Waals surface area contributed by atoms with E-state index in [2.05, 4.69) is 93.6 Å². The molecule has 4 rings (SSSR count). The van der Waals surface area contributed by atoms with Gasteiger partial charge < -0.3 is 0 Å².